The van der Waals surface area contributed by atoms with Gasteiger partial charge in [0, 0.05) is 17.2 Å². The zero-order chi connectivity index (χ0) is 13.7. The van der Waals surface area contributed by atoms with Crippen molar-refractivity contribution in [3.63, 3.8) is 0 Å². The second kappa shape index (κ2) is 6.82. The first-order valence-corrected chi connectivity index (χ1v) is 7.14. The van der Waals surface area contributed by atoms with Crippen molar-refractivity contribution in [2.75, 3.05) is 6.54 Å². The van der Waals surface area contributed by atoms with Crippen molar-refractivity contribution in [1.82, 2.24) is 15.1 Å². The molecule has 0 aliphatic rings. The van der Waals surface area contributed by atoms with Crippen LogP contribution >= 0.6 is 15.9 Å². The van der Waals surface area contributed by atoms with Gasteiger partial charge in [-0.3, -0.25) is 4.68 Å². The first-order chi connectivity index (χ1) is 9.19. The van der Waals surface area contributed by atoms with Crippen molar-refractivity contribution >= 4 is 15.9 Å². The number of hydrogen-bond donors (Lipinski definition) is 1. The van der Waals surface area contributed by atoms with Crippen LogP contribution in [-0.4, -0.2) is 16.3 Å². The zero-order valence-corrected chi connectivity index (χ0v) is 12.5. The normalized spacial score (nSPS) is 10.9. The first-order valence-electron chi connectivity index (χ1n) is 6.35. The van der Waals surface area contributed by atoms with Crippen molar-refractivity contribution < 1.29 is 4.39 Å². The second-order valence-corrected chi connectivity index (χ2v) is 5.35. The molecule has 1 aromatic heterocycles. The monoisotopic (exact) mass is 325 g/mol. The van der Waals surface area contributed by atoms with Crippen LogP contribution in [-0.2, 0) is 13.1 Å². The van der Waals surface area contributed by atoms with Crippen LogP contribution in [0.4, 0.5) is 4.39 Å². The highest BCUT2D eigenvalue weighted by Crippen LogP contribution is 2.16. The third-order valence-electron chi connectivity index (χ3n) is 2.79. The van der Waals surface area contributed by atoms with Crippen LogP contribution in [0.15, 0.2) is 34.9 Å². The fourth-order valence-corrected chi connectivity index (χ4v) is 2.43. The highest BCUT2D eigenvalue weighted by Gasteiger charge is 2.05. The van der Waals surface area contributed by atoms with Gasteiger partial charge in [-0.2, -0.15) is 5.10 Å². The van der Waals surface area contributed by atoms with Gasteiger partial charge in [-0.25, -0.2) is 4.39 Å². The Morgan fingerprint density at radius 1 is 1.37 bits per heavy atom. The van der Waals surface area contributed by atoms with Crippen LogP contribution < -0.4 is 5.32 Å². The predicted octanol–water partition coefficient (Wildman–Crippen LogP) is 3.33. The smallest absolute Gasteiger partial charge is 0.124 e. The van der Waals surface area contributed by atoms with Gasteiger partial charge in [0.15, 0.2) is 0 Å². The Labute approximate surface area is 121 Å². The number of rotatable bonds is 6. The number of nitrogens with one attached hydrogen (secondary N) is 1. The third-order valence-corrected chi connectivity index (χ3v) is 3.25. The summed E-state index contributed by atoms with van der Waals surface area (Å²) in [6.07, 6.45) is 2.88. The Kier molecular flexibility index (Phi) is 5.10. The molecule has 5 heteroatoms. The minimum absolute atomic E-state index is 0.234. The Morgan fingerprint density at radius 3 is 2.95 bits per heavy atom. The SMILES string of the molecule is CCCNCc1ccnn1Cc1cc(F)cc(Br)c1. The fraction of sp³-hybridized carbons (Fsp3) is 0.357. The predicted molar refractivity (Wildman–Crippen MR) is 77.4 cm³/mol. The molecule has 1 heterocycles. The Morgan fingerprint density at radius 2 is 2.21 bits per heavy atom. The average molecular weight is 326 g/mol. The van der Waals surface area contributed by atoms with Gasteiger partial charge in [-0.15, -0.1) is 0 Å². The molecule has 1 N–H and O–H groups in total. The van der Waals surface area contributed by atoms with Gasteiger partial charge < -0.3 is 5.32 Å². The number of halogens is 2. The molecular formula is C14H17BrFN3. The molecular weight excluding hydrogens is 309 g/mol. The van der Waals surface area contributed by atoms with Gasteiger partial charge in [0.25, 0.3) is 0 Å². The van der Waals surface area contributed by atoms with E-state index >= 15 is 0 Å². The van der Waals surface area contributed by atoms with Gasteiger partial charge >= 0.3 is 0 Å². The molecule has 2 aromatic rings. The number of benzene rings is 1. The summed E-state index contributed by atoms with van der Waals surface area (Å²) in [5.74, 6) is -0.234. The van der Waals surface area contributed by atoms with E-state index in [4.69, 9.17) is 0 Å². The van der Waals surface area contributed by atoms with Crippen LogP contribution in [0.5, 0.6) is 0 Å². The lowest BCUT2D eigenvalue weighted by atomic mass is 10.2. The molecule has 0 fully saturated rings. The fourth-order valence-electron chi connectivity index (χ4n) is 1.92. The van der Waals surface area contributed by atoms with Crippen molar-refractivity contribution in [1.29, 1.82) is 0 Å². The zero-order valence-electron chi connectivity index (χ0n) is 10.9. The Bertz CT molecular complexity index is 519. The molecule has 0 spiro atoms. The largest absolute Gasteiger partial charge is 0.311 e. The van der Waals surface area contributed by atoms with E-state index in [0.717, 1.165) is 35.2 Å². The summed E-state index contributed by atoms with van der Waals surface area (Å²) in [4.78, 5) is 0. The van der Waals surface area contributed by atoms with Crippen LogP contribution in [0.1, 0.15) is 24.6 Å². The minimum Gasteiger partial charge on any atom is -0.311 e. The van der Waals surface area contributed by atoms with E-state index in [-0.39, 0.29) is 5.82 Å². The molecule has 0 radical (unpaired) electrons. The molecule has 0 unspecified atom stereocenters. The van der Waals surface area contributed by atoms with Gasteiger partial charge in [0.2, 0.25) is 0 Å². The maximum atomic E-state index is 13.3. The third kappa shape index (κ3) is 4.14. The van der Waals surface area contributed by atoms with Crippen molar-refractivity contribution in [3.8, 4) is 0 Å². The second-order valence-electron chi connectivity index (χ2n) is 4.43. The average Bonchev–Trinajstić information content (AvgIpc) is 2.76. The van der Waals surface area contributed by atoms with Crippen LogP contribution in [0.25, 0.3) is 0 Å². The van der Waals surface area contributed by atoms with Gasteiger partial charge in [0.1, 0.15) is 5.82 Å². The van der Waals surface area contributed by atoms with Crippen LogP contribution in [0.3, 0.4) is 0 Å². The van der Waals surface area contributed by atoms with Crippen molar-refractivity contribution in [2.45, 2.75) is 26.4 Å². The topological polar surface area (TPSA) is 29.9 Å². The molecule has 0 atom stereocenters. The lowest BCUT2D eigenvalue weighted by molar-refractivity contribution is 0.586. The van der Waals surface area contributed by atoms with Gasteiger partial charge in [0.05, 0.1) is 12.2 Å². The van der Waals surface area contributed by atoms with Gasteiger partial charge in [-0.1, -0.05) is 22.9 Å². The van der Waals surface area contributed by atoms with Crippen molar-refractivity contribution in [3.05, 3.63) is 52.0 Å². The van der Waals surface area contributed by atoms with E-state index < -0.39 is 0 Å². The van der Waals surface area contributed by atoms with Crippen LogP contribution in [0.2, 0.25) is 0 Å². The lowest BCUT2D eigenvalue weighted by Crippen LogP contribution is -2.17. The van der Waals surface area contributed by atoms with Gasteiger partial charge in [-0.05, 0) is 42.8 Å². The summed E-state index contributed by atoms with van der Waals surface area (Å²) in [5.41, 5.74) is 2.00. The molecule has 0 aliphatic carbocycles. The van der Waals surface area contributed by atoms with E-state index in [1.165, 1.54) is 12.1 Å². The molecule has 19 heavy (non-hydrogen) atoms. The lowest BCUT2D eigenvalue weighted by Gasteiger charge is -2.09. The number of aromatic nitrogens is 2. The molecule has 0 amide bonds. The molecule has 1 aromatic carbocycles. The molecule has 0 saturated carbocycles. The van der Waals surface area contributed by atoms with E-state index in [0.29, 0.717) is 6.54 Å². The minimum atomic E-state index is -0.234. The molecule has 0 saturated heterocycles. The first kappa shape index (κ1) is 14.2. The molecule has 102 valence electrons. The molecule has 0 aliphatic heterocycles. The van der Waals surface area contributed by atoms with E-state index in [2.05, 4.69) is 33.3 Å². The van der Waals surface area contributed by atoms with Crippen molar-refractivity contribution in [2.24, 2.45) is 0 Å². The summed E-state index contributed by atoms with van der Waals surface area (Å²) in [7, 11) is 0. The summed E-state index contributed by atoms with van der Waals surface area (Å²) < 4.78 is 16.0. The van der Waals surface area contributed by atoms with Crippen LogP contribution in [0, 0.1) is 5.82 Å². The van der Waals surface area contributed by atoms with E-state index in [9.17, 15) is 4.39 Å². The summed E-state index contributed by atoms with van der Waals surface area (Å²) in [6, 6.07) is 6.89. The quantitative estimate of drug-likeness (QED) is 0.825. The highest BCUT2D eigenvalue weighted by atomic mass is 79.9. The summed E-state index contributed by atoms with van der Waals surface area (Å²) in [6.45, 7) is 4.47. The number of hydrogen-bond acceptors (Lipinski definition) is 2. The molecule has 0 bridgehead atoms. The molecule has 2 rings (SSSR count). The number of nitrogens with zero attached hydrogens (tertiary/aromatic N) is 2. The maximum absolute atomic E-state index is 13.3. The van der Waals surface area contributed by atoms with E-state index in [1.54, 1.807) is 6.20 Å². The Hall–Kier alpha value is -1.20. The molecule has 3 nitrogen and oxygen atoms in total. The maximum Gasteiger partial charge on any atom is 0.124 e. The van der Waals surface area contributed by atoms with E-state index in [1.807, 2.05) is 16.8 Å². The summed E-state index contributed by atoms with van der Waals surface area (Å²) >= 11 is 3.30. The summed E-state index contributed by atoms with van der Waals surface area (Å²) in [5, 5.41) is 7.63. The highest BCUT2D eigenvalue weighted by molar-refractivity contribution is 9.10. The Balaban J connectivity index is 2.08. The standard InChI is InChI=1S/C14H17BrFN3/c1-2-4-17-9-14-3-5-18-19(14)10-11-6-12(15)8-13(16)7-11/h3,5-8,17H,2,4,9-10H2,1H3.